The zero-order valence-corrected chi connectivity index (χ0v) is 12.1. The normalized spacial score (nSPS) is 18.1. The Kier molecular flexibility index (Phi) is 3.85. The van der Waals surface area contributed by atoms with E-state index in [1.807, 2.05) is 45.2 Å². The van der Waals surface area contributed by atoms with Crippen molar-refractivity contribution >= 4 is 34.6 Å². The van der Waals surface area contributed by atoms with Gasteiger partial charge in [-0.25, -0.2) is 4.68 Å². The highest BCUT2D eigenvalue weighted by molar-refractivity contribution is 8.22. The number of rotatable bonds is 3. The molecule has 0 radical (unpaired) electrons. The molecule has 0 saturated heterocycles. The van der Waals surface area contributed by atoms with Gasteiger partial charge >= 0.3 is 0 Å². The SMILES string of the molecule is C=N/C(C)=C\n1nc(C2=C/C(=C/C)C(=N)S2)cc1C. The molecular formula is C14H16N4S. The van der Waals surface area contributed by atoms with E-state index < -0.39 is 0 Å². The van der Waals surface area contributed by atoms with Crippen molar-refractivity contribution in [1.82, 2.24) is 9.78 Å². The van der Waals surface area contributed by atoms with Crippen LogP contribution in [0.2, 0.25) is 0 Å². The van der Waals surface area contributed by atoms with E-state index in [-0.39, 0.29) is 0 Å². The monoisotopic (exact) mass is 272 g/mol. The standard InChI is InChI=1S/C14H16N4S/c1-5-11-7-13(19-14(11)15)12-6-10(3)18(17-12)8-9(2)16-4/h5-8,15H,4H2,1-3H3/b9-8-,11-5-,15-14?. The van der Waals surface area contributed by atoms with Crippen molar-refractivity contribution in [3.05, 3.63) is 40.9 Å². The summed E-state index contributed by atoms with van der Waals surface area (Å²) in [7, 11) is 0. The highest BCUT2D eigenvalue weighted by Gasteiger charge is 2.19. The summed E-state index contributed by atoms with van der Waals surface area (Å²) in [5.41, 5.74) is 3.68. The molecule has 1 N–H and O–H groups in total. The molecule has 98 valence electrons. The van der Waals surface area contributed by atoms with Crippen molar-refractivity contribution in [1.29, 1.82) is 5.41 Å². The van der Waals surface area contributed by atoms with Crippen molar-refractivity contribution in [2.45, 2.75) is 20.8 Å². The molecule has 2 heterocycles. The molecule has 0 bridgehead atoms. The van der Waals surface area contributed by atoms with Crippen molar-refractivity contribution in [3.8, 4) is 0 Å². The number of nitrogens with one attached hydrogen (secondary N) is 1. The van der Waals surface area contributed by atoms with Gasteiger partial charge in [-0.2, -0.15) is 5.10 Å². The summed E-state index contributed by atoms with van der Waals surface area (Å²) in [5.74, 6) is 0. The van der Waals surface area contributed by atoms with Gasteiger partial charge in [0.25, 0.3) is 0 Å². The van der Waals surface area contributed by atoms with Gasteiger partial charge in [0, 0.05) is 22.4 Å². The van der Waals surface area contributed by atoms with Gasteiger partial charge < -0.3 is 0 Å². The third-order valence-corrected chi connectivity index (χ3v) is 3.79. The number of allylic oxidation sites excluding steroid dienone is 3. The fourth-order valence-corrected chi connectivity index (χ4v) is 2.61. The van der Waals surface area contributed by atoms with Crippen LogP contribution in [0.4, 0.5) is 0 Å². The van der Waals surface area contributed by atoms with Crippen LogP contribution in [0, 0.1) is 12.3 Å². The summed E-state index contributed by atoms with van der Waals surface area (Å²) >= 11 is 1.44. The minimum absolute atomic E-state index is 0.573. The Labute approximate surface area is 117 Å². The summed E-state index contributed by atoms with van der Waals surface area (Å²) in [5, 5.41) is 13.0. The largest absolute Gasteiger partial charge is 0.293 e. The predicted octanol–water partition coefficient (Wildman–Crippen LogP) is 3.72. The lowest BCUT2D eigenvalue weighted by atomic mass is 10.2. The number of thioether (sulfide) groups is 1. The van der Waals surface area contributed by atoms with E-state index in [0.29, 0.717) is 5.04 Å². The van der Waals surface area contributed by atoms with E-state index in [1.54, 1.807) is 4.68 Å². The second-order valence-electron chi connectivity index (χ2n) is 4.23. The molecular weight excluding hydrogens is 256 g/mol. The average molecular weight is 272 g/mol. The summed E-state index contributed by atoms with van der Waals surface area (Å²) in [6.07, 6.45) is 5.78. The molecule has 4 nitrogen and oxygen atoms in total. The summed E-state index contributed by atoms with van der Waals surface area (Å²) in [4.78, 5) is 4.87. The smallest absolute Gasteiger partial charge is 0.0997 e. The lowest BCUT2D eigenvalue weighted by molar-refractivity contribution is 0.885. The lowest BCUT2D eigenvalue weighted by Crippen LogP contribution is -1.93. The van der Waals surface area contributed by atoms with Crippen LogP contribution >= 0.6 is 11.8 Å². The maximum Gasteiger partial charge on any atom is 0.0997 e. The van der Waals surface area contributed by atoms with Crippen LogP contribution in [0.1, 0.15) is 25.2 Å². The fourth-order valence-electron chi connectivity index (χ4n) is 1.70. The molecule has 1 aliphatic rings. The van der Waals surface area contributed by atoms with E-state index >= 15 is 0 Å². The first-order valence-corrected chi connectivity index (χ1v) is 6.73. The van der Waals surface area contributed by atoms with Gasteiger partial charge in [-0.3, -0.25) is 10.4 Å². The van der Waals surface area contributed by atoms with Crippen molar-refractivity contribution in [2.75, 3.05) is 0 Å². The molecule has 0 saturated carbocycles. The molecule has 1 aromatic heterocycles. The van der Waals surface area contributed by atoms with Crippen LogP contribution in [0.25, 0.3) is 11.1 Å². The number of aliphatic imine (C=N–C) groups is 1. The molecule has 5 heteroatoms. The van der Waals surface area contributed by atoms with E-state index in [1.165, 1.54) is 11.8 Å². The number of aryl methyl sites for hydroxylation is 1. The molecule has 19 heavy (non-hydrogen) atoms. The second kappa shape index (κ2) is 5.40. The number of aromatic nitrogens is 2. The summed E-state index contributed by atoms with van der Waals surface area (Å²) < 4.78 is 1.79. The molecule has 0 spiro atoms. The van der Waals surface area contributed by atoms with E-state index in [0.717, 1.165) is 27.6 Å². The number of hydrogen-bond acceptors (Lipinski definition) is 4. The Balaban J connectivity index is 2.37. The van der Waals surface area contributed by atoms with Gasteiger partial charge in [0.2, 0.25) is 0 Å². The number of nitrogens with zero attached hydrogens (tertiary/aromatic N) is 3. The quantitative estimate of drug-likeness (QED) is 0.852. The van der Waals surface area contributed by atoms with Crippen LogP contribution in [-0.2, 0) is 0 Å². The van der Waals surface area contributed by atoms with Crippen LogP contribution in [0.15, 0.2) is 34.5 Å². The first kappa shape index (κ1) is 13.5. The molecule has 1 aromatic rings. The highest BCUT2D eigenvalue weighted by Crippen LogP contribution is 2.37. The molecule has 0 aromatic carbocycles. The Hall–Kier alpha value is -1.88. The minimum atomic E-state index is 0.573. The molecule has 0 atom stereocenters. The molecule has 1 aliphatic heterocycles. The number of hydrogen-bond donors (Lipinski definition) is 1. The maximum absolute atomic E-state index is 7.86. The highest BCUT2D eigenvalue weighted by atomic mass is 32.2. The Morgan fingerprint density at radius 2 is 2.32 bits per heavy atom. The maximum atomic E-state index is 7.86. The predicted molar refractivity (Wildman–Crippen MR) is 83.5 cm³/mol. The fraction of sp³-hybridized carbons (Fsp3) is 0.214. The van der Waals surface area contributed by atoms with Crippen molar-refractivity contribution < 1.29 is 0 Å². The average Bonchev–Trinajstić information content (AvgIpc) is 2.93. The molecule has 0 aliphatic carbocycles. The topological polar surface area (TPSA) is 54.0 Å². The van der Waals surface area contributed by atoms with E-state index in [9.17, 15) is 0 Å². The molecule has 2 rings (SSSR count). The first-order valence-electron chi connectivity index (χ1n) is 5.91. The summed E-state index contributed by atoms with van der Waals surface area (Å²) in [6, 6.07) is 2.01. The molecule has 0 unspecified atom stereocenters. The van der Waals surface area contributed by atoms with E-state index in [4.69, 9.17) is 5.41 Å². The van der Waals surface area contributed by atoms with Gasteiger partial charge in [-0.05, 0) is 39.6 Å². The Morgan fingerprint density at radius 3 is 2.89 bits per heavy atom. The molecule has 0 fully saturated rings. The van der Waals surface area contributed by atoms with Crippen LogP contribution < -0.4 is 0 Å². The summed E-state index contributed by atoms with van der Waals surface area (Å²) in [6.45, 7) is 9.30. The Bertz CT molecular complexity index is 632. The zero-order valence-electron chi connectivity index (χ0n) is 11.3. The van der Waals surface area contributed by atoms with Crippen LogP contribution in [-0.4, -0.2) is 21.5 Å². The third kappa shape index (κ3) is 2.76. The second-order valence-corrected chi connectivity index (χ2v) is 5.28. The van der Waals surface area contributed by atoms with Gasteiger partial charge in [0.05, 0.1) is 16.4 Å². The first-order chi connectivity index (χ1) is 9.05. The van der Waals surface area contributed by atoms with Gasteiger partial charge in [0.15, 0.2) is 0 Å². The van der Waals surface area contributed by atoms with Crippen molar-refractivity contribution in [3.63, 3.8) is 0 Å². The minimum Gasteiger partial charge on any atom is -0.293 e. The van der Waals surface area contributed by atoms with Gasteiger partial charge in [-0.15, -0.1) is 0 Å². The van der Waals surface area contributed by atoms with Crippen LogP contribution in [0.5, 0.6) is 0 Å². The van der Waals surface area contributed by atoms with E-state index in [2.05, 4.69) is 16.8 Å². The van der Waals surface area contributed by atoms with Crippen molar-refractivity contribution in [2.24, 2.45) is 4.99 Å². The van der Waals surface area contributed by atoms with Crippen LogP contribution in [0.3, 0.4) is 0 Å². The van der Waals surface area contributed by atoms with Gasteiger partial charge in [-0.1, -0.05) is 17.8 Å². The lowest BCUT2D eigenvalue weighted by Gasteiger charge is -1.97. The third-order valence-electron chi connectivity index (χ3n) is 2.81. The Morgan fingerprint density at radius 1 is 1.58 bits per heavy atom. The molecule has 0 amide bonds. The van der Waals surface area contributed by atoms with Gasteiger partial charge in [0.1, 0.15) is 0 Å². The zero-order chi connectivity index (χ0) is 14.0.